The van der Waals surface area contributed by atoms with Crippen molar-refractivity contribution < 1.29 is 9.72 Å². The molecule has 0 bridgehead atoms. The predicted molar refractivity (Wildman–Crippen MR) is 88.6 cm³/mol. The second-order valence-corrected chi connectivity index (χ2v) is 4.96. The third-order valence-electron chi connectivity index (χ3n) is 3.45. The number of hydrazone groups is 1. The minimum atomic E-state index is -0.609. The van der Waals surface area contributed by atoms with Crippen molar-refractivity contribution in [1.29, 1.82) is 0 Å². The molecule has 6 heteroatoms. The van der Waals surface area contributed by atoms with Crippen molar-refractivity contribution in [3.05, 3.63) is 75.3 Å². The Balaban J connectivity index is 2.15. The number of rotatable bonds is 5. The van der Waals surface area contributed by atoms with E-state index in [-0.39, 0.29) is 11.3 Å². The van der Waals surface area contributed by atoms with Crippen molar-refractivity contribution in [2.45, 2.75) is 20.3 Å². The van der Waals surface area contributed by atoms with Gasteiger partial charge in [-0.2, -0.15) is 5.10 Å². The number of hydrogen-bond donors (Lipinski definition) is 1. The first-order chi connectivity index (χ1) is 11.0. The summed E-state index contributed by atoms with van der Waals surface area (Å²) in [5.41, 5.74) is 4.82. The van der Waals surface area contributed by atoms with Gasteiger partial charge >= 0.3 is 0 Å². The van der Waals surface area contributed by atoms with Gasteiger partial charge in [-0.1, -0.05) is 43.3 Å². The Bertz CT molecular complexity index is 752. The van der Waals surface area contributed by atoms with E-state index in [1.165, 1.54) is 23.8 Å². The summed E-state index contributed by atoms with van der Waals surface area (Å²) in [7, 11) is 0. The molecule has 0 radical (unpaired) electrons. The van der Waals surface area contributed by atoms with Gasteiger partial charge in [-0.25, -0.2) is 5.43 Å². The van der Waals surface area contributed by atoms with Crippen LogP contribution in [0.25, 0.3) is 0 Å². The molecule has 0 heterocycles. The minimum absolute atomic E-state index is 0.0182. The molecule has 0 aromatic heterocycles. The fourth-order valence-corrected chi connectivity index (χ4v) is 2.07. The molecule has 2 aromatic rings. The summed E-state index contributed by atoms with van der Waals surface area (Å²) in [5, 5.41) is 15.0. The van der Waals surface area contributed by atoms with Crippen LogP contribution in [0.4, 0.5) is 5.69 Å². The number of nitro benzene ring substituents is 1. The highest BCUT2D eigenvalue weighted by Gasteiger charge is 2.18. The fraction of sp³-hybridized carbons (Fsp3) is 0.176. The summed E-state index contributed by atoms with van der Waals surface area (Å²) in [5.74, 6) is -0.609. The molecule has 0 aliphatic heterocycles. The van der Waals surface area contributed by atoms with Gasteiger partial charge < -0.3 is 0 Å². The molecule has 0 spiro atoms. The number of para-hydroxylation sites is 1. The van der Waals surface area contributed by atoms with Crippen LogP contribution in [0.1, 0.15) is 35.3 Å². The van der Waals surface area contributed by atoms with Gasteiger partial charge in [-0.05, 0) is 30.5 Å². The van der Waals surface area contributed by atoms with Crippen LogP contribution in [0, 0.1) is 10.1 Å². The molecule has 1 N–H and O–H groups in total. The summed E-state index contributed by atoms with van der Waals surface area (Å²) in [4.78, 5) is 22.4. The molecule has 0 atom stereocenters. The van der Waals surface area contributed by atoms with Gasteiger partial charge in [-0.3, -0.25) is 14.9 Å². The van der Waals surface area contributed by atoms with Crippen molar-refractivity contribution in [3.63, 3.8) is 0 Å². The standard InChI is InChI=1S/C17H17N3O3/c1-3-13-8-10-14(11-9-13)12(2)18-19-17(21)15-6-4-5-7-16(15)20(22)23/h4-11H,3H2,1-2H3,(H,19,21). The normalized spacial score (nSPS) is 11.1. The summed E-state index contributed by atoms with van der Waals surface area (Å²) < 4.78 is 0. The van der Waals surface area contributed by atoms with E-state index in [1.807, 2.05) is 24.3 Å². The Morgan fingerprint density at radius 3 is 2.43 bits per heavy atom. The Labute approximate surface area is 134 Å². The van der Waals surface area contributed by atoms with E-state index in [2.05, 4.69) is 17.5 Å². The van der Waals surface area contributed by atoms with E-state index in [0.29, 0.717) is 5.71 Å². The average Bonchev–Trinajstić information content (AvgIpc) is 2.59. The second kappa shape index (κ2) is 7.31. The highest BCUT2D eigenvalue weighted by molar-refractivity contribution is 6.02. The molecular formula is C17H17N3O3. The molecule has 23 heavy (non-hydrogen) atoms. The Kier molecular flexibility index (Phi) is 5.19. The molecule has 0 aliphatic rings. The molecule has 2 rings (SSSR count). The van der Waals surface area contributed by atoms with Crippen LogP contribution < -0.4 is 5.43 Å². The van der Waals surface area contributed by atoms with Crippen LogP contribution in [0.5, 0.6) is 0 Å². The maximum Gasteiger partial charge on any atom is 0.282 e. The van der Waals surface area contributed by atoms with Gasteiger partial charge in [-0.15, -0.1) is 0 Å². The van der Waals surface area contributed by atoms with Gasteiger partial charge in [0.25, 0.3) is 11.6 Å². The lowest BCUT2D eigenvalue weighted by molar-refractivity contribution is -0.385. The maximum absolute atomic E-state index is 12.1. The van der Waals surface area contributed by atoms with Crippen molar-refractivity contribution in [3.8, 4) is 0 Å². The molecule has 0 aliphatic carbocycles. The lowest BCUT2D eigenvalue weighted by atomic mass is 10.1. The first-order valence-electron chi connectivity index (χ1n) is 7.20. The number of aryl methyl sites for hydroxylation is 1. The van der Waals surface area contributed by atoms with Crippen LogP contribution in [0.2, 0.25) is 0 Å². The quantitative estimate of drug-likeness (QED) is 0.522. The Morgan fingerprint density at radius 1 is 1.17 bits per heavy atom. The molecule has 0 unspecified atom stereocenters. The van der Waals surface area contributed by atoms with E-state index >= 15 is 0 Å². The monoisotopic (exact) mass is 311 g/mol. The van der Waals surface area contributed by atoms with E-state index in [0.717, 1.165) is 12.0 Å². The van der Waals surface area contributed by atoms with Crippen LogP contribution in [0.15, 0.2) is 53.6 Å². The van der Waals surface area contributed by atoms with Crippen molar-refractivity contribution in [1.82, 2.24) is 5.43 Å². The maximum atomic E-state index is 12.1. The Hall–Kier alpha value is -3.02. The zero-order valence-corrected chi connectivity index (χ0v) is 12.9. The van der Waals surface area contributed by atoms with E-state index in [9.17, 15) is 14.9 Å². The molecule has 0 saturated carbocycles. The minimum Gasteiger partial charge on any atom is -0.267 e. The molecule has 118 valence electrons. The number of nitrogens with zero attached hydrogens (tertiary/aromatic N) is 2. The Morgan fingerprint density at radius 2 is 1.83 bits per heavy atom. The SMILES string of the molecule is CCc1ccc(C(C)=NNC(=O)c2ccccc2[N+](=O)[O-])cc1. The lowest BCUT2D eigenvalue weighted by Crippen LogP contribution is -2.20. The molecule has 1 amide bonds. The molecule has 0 saturated heterocycles. The van der Waals surface area contributed by atoms with Crippen LogP contribution in [-0.4, -0.2) is 16.5 Å². The van der Waals surface area contributed by atoms with Crippen LogP contribution in [0.3, 0.4) is 0 Å². The van der Waals surface area contributed by atoms with Gasteiger partial charge in [0.05, 0.1) is 10.6 Å². The third-order valence-corrected chi connectivity index (χ3v) is 3.45. The predicted octanol–water partition coefficient (Wildman–Crippen LogP) is 3.31. The van der Waals surface area contributed by atoms with Crippen molar-refractivity contribution >= 4 is 17.3 Å². The van der Waals surface area contributed by atoms with Gasteiger partial charge in [0.2, 0.25) is 0 Å². The number of nitrogens with one attached hydrogen (secondary N) is 1. The lowest BCUT2D eigenvalue weighted by Gasteiger charge is -2.04. The van der Waals surface area contributed by atoms with Crippen molar-refractivity contribution in [2.24, 2.45) is 5.10 Å². The third kappa shape index (κ3) is 4.00. The van der Waals surface area contributed by atoms with Crippen molar-refractivity contribution in [2.75, 3.05) is 0 Å². The van der Waals surface area contributed by atoms with Gasteiger partial charge in [0, 0.05) is 6.07 Å². The second-order valence-electron chi connectivity index (χ2n) is 4.96. The fourth-order valence-electron chi connectivity index (χ4n) is 2.07. The number of carbonyl (C=O) groups is 1. The van der Waals surface area contributed by atoms with Crippen LogP contribution in [-0.2, 0) is 6.42 Å². The van der Waals surface area contributed by atoms with Gasteiger partial charge in [0.15, 0.2) is 0 Å². The number of benzene rings is 2. The molecule has 0 fully saturated rings. The largest absolute Gasteiger partial charge is 0.282 e. The zero-order chi connectivity index (χ0) is 16.8. The number of carbonyl (C=O) groups excluding carboxylic acids is 1. The zero-order valence-electron chi connectivity index (χ0n) is 12.9. The van der Waals surface area contributed by atoms with Crippen LogP contribution >= 0.6 is 0 Å². The highest BCUT2D eigenvalue weighted by atomic mass is 16.6. The average molecular weight is 311 g/mol. The molecule has 2 aromatic carbocycles. The van der Waals surface area contributed by atoms with E-state index in [1.54, 1.807) is 13.0 Å². The van der Waals surface area contributed by atoms with Gasteiger partial charge in [0.1, 0.15) is 5.56 Å². The number of hydrogen-bond acceptors (Lipinski definition) is 4. The summed E-state index contributed by atoms with van der Waals surface area (Å²) >= 11 is 0. The molecular weight excluding hydrogens is 294 g/mol. The first kappa shape index (κ1) is 16.4. The summed E-state index contributed by atoms with van der Waals surface area (Å²) in [6.07, 6.45) is 0.949. The van der Waals surface area contributed by atoms with E-state index in [4.69, 9.17) is 0 Å². The summed E-state index contributed by atoms with van der Waals surface area (Å²) in [6.45, 7) is 3.84. The highest BCUT2D eigenvalue weighted by Crippen LogP contribution is 2.17. The number of amides is 1. The topological polar surface area (TPSA) is 84.6 Å². The molecule has 6 nitrogen and oxygen atoms in total. The summed E-state index contributed by atoms with van der Waals surface area (Å²) in [6, 6.07) is 13.6. The number of nitro groups is 1. The first-order valence-corrected chi connectivity index (χ1v) is 7.20. The van der Waals surface area contributed by atoms with E-state index < -0.39 is 10.8 Å². The smallest absolute Gasteiger partial charge is 0.267 e.